The molecular weight excluding hydrogens is 374 g/mol. The summed E-state index contributed by atoms with van der Waals surface area (Å²) in [6, 6.07) is 16.7. The highest BCUT2D eigenvalue weighted by molar-refractivity contribution is 7.90. The van der Waals surface area contributed by atoms with E-state index in [0.717, 1.165) is 21.9 Å². The summed E-state index contributed by atoms with van der Waals surface area (Å²) in [7, 11) is -3.24. The number of nitrogens with zero attached hydrogens (tertiary/aromatic N) is 1. The predicted molar refractivity (Wildman–Crippen MR) is 109 cm³/mol. The van der Waals surface area contributed by atoms with Crippen LogP contribution < -0.4 is 4.74 Å². The van der Waals surface area contributed by atoms with Crippen molar-refractivity contribution in [3.8, 4) is 5.88 Å². The lowest BCUT2D eigenvalue weighted by Gasteiger charge is -2.22. The van der Waals surface area contributed by atoms with E-state index in [2.05, 4.69) is 4.98 Å². The van der Waals surface area contributed by atoms with Crippen LogP contribution in [0.2, 0.25) is 0 Å². The zero-order valence-electron chi connectivity index (χ0n) is 16.0. The molecule has 28 heavy (non-hydrogen) atoms. The van der Waals surface area contributed by atoms with Crippen LogP contribution in [0.3, 0.4) is 0 Å². The van der Waals surface area contributed by atoms with Crippen molar-refractivity contribution in [2.75, 3.05) is 12.9 Å². The molecule has 2 aromatic carbocycles. The number of rotatable bonds is 4. The molecule has 0 bridgehead atoms. The van der Waals surface area contributed by atoms with Crippen LogP contribution >= 0.6 is 0 Å². The standard InChI is InChI=1S/C22H21NO4S/c1-22(2)21(15-8-10-18(11-9-15)28(3,24)25)19(14-26-22)27-20-12-16-6-4-5-7-17(16)13-23-20/h4-13H,14H2,1-3H3. The summed E-state index contributed by atoms with van der Waals surface area (Å²) in [5, 5.41) is 2.09. The minimum Gasteiger partial charge on any atom is -0.440 e. The quantitative estimate of drug-likeness (QED) is 0.661. The Morgan fingerprint density at radius 2 is 1.71 bits per heavy atom. The first kappa shape index (κ1) is 18.7. The number of benzene rings is 2. The summed E-state index contributed by atoms with van der Waals surface area (Å²) in [5.74, 6) is 1.18. The smallest absolute Gasteiger partial charge is 0.219 e. The van der Waals surface area contributed by atoms with Gasteiger partial charge in [0.05, 0.1) is 10.5 Å². The van der Waals surface area contributed by atoms with Crippen LogP contribution in [-0.2, 0) is 14.6 Å². The largest absolute Gasteiger partial charge is 0.440 e. The summed E-state index contributed by atoms with van der Waals surface area (Å²) >= 11 is 0. The zero-order valence-corrected chi connectivity index (χ0v) is 16.8. The Labute approximate surface area is 164 Å². The third-order valence-electron chi connectivity index (χ3n) is 4.85. The topological polar surface area (TPSA) is 65.5 Å². The van der Waals surface area contributed by atoms with E-state index in [-0.39, 0.29) is 4.90 Å². The maximum absolute atomic E-state index is 11.7. The van der Waals surface area contributed by atoms with Crippen molar-refractivity contribution >= 4 is 26.2 Å². The fraction of sp³-hybridized carbons (Fsp3) is 0.227. The van der Waals surface area contributed by atoms with Crippen molar-refractivity contribution in [1.29, 1.82) is 0 Å². The van der Waals surface area contributed by atoms with Gasteiger partial charge in [0.25, 0.3) is 0 Å². The first-order chi connectivity index (χ1) is 13.2. The lowest BCUT2D eigenvalue weighted by Crippen LogP contribution is -2.21. The molecule has 0 saturated carbocycles. The van der Waals surface area contributed by atoms with Crippen LogP contribution in [0, 0.1) is 0 Å². The molecule has 0 saturated heterocycles. The van der Waals surface area contributed by atoms with E-state index in [1.165, 1.54) is 6.26 Å². The van der Waals surface area contributed by atoms with Crippen LogP contribution in [0.4, 0.5) is 0 Å². The van der Waals surface area contributed by atoms with Crippen LogP contribution in [-0.4, -0.2) is 31.9 Å². The summed E-state index contributed by atoms with van der Waals surface area (Å²) in [6.45, 7) is 4.26. The second-order valence-electron chi connectivity index (χ2n) is 7.37. The molecular formula is C22H21NO4S. The van der Waals surface area contributed by atoms with Crippen molar-refractivity contribution in [2.24, 2.45) is 0 Å². The Morgan fingerprint density at radius 3 is 2.39 bits per heavy atom. The zero-order chi connectivity index (χ0) is 19.9. The molecule has 0 aliphatic carbocycles. The third kappa shape index (κ3) is 3.53. The predicted octanol–water partition coefficient (Wildman–Crippen LogP) is 4.24. The molecule has 5 nitrogen and oxygen atoms in total. The van der Waals surface area contributed by atoms with Gasteiger partial charge in [-0.1, -0.05) is 36.4 Å². The van der Waals surface area contributed by atoms with E-state index >= 15 is 0 Å². The van der Waals surface area contributed by atoms with Gasteiger partial charge < -0.3 is 9.47 Å². The summed E-state index contributed by atoms with van der Waals surface area (Å²) in [6.07, 6.45) is 2.98. The molecule has 4 rings (SSSR count). The molecule has 0 amide bonds. The Balaban J connectivity index is 1.74. The Hall–Kier alpha value is -2.70. The van der Waals surface area contributed by atoms with Crippen molar-refractivity contribution in [1.82, 2.24) is 4.98 Å². The van der Waals surface area contributed by atoms with E-state index in [1.807, 2.05) is 44.2 Å². The Bertz CT molecular complexity index is 1180. The Morgan fingerprint density at radius 1 is 1.04 bits per heavy atom. The SMILES string of the molecule is CC1(C)OCC(Oc2cc3ccccc3cn2)=C1c1ccc(S(C)(=O)=O)cc1. The van der Waals surface area contributed by atoms with Gasteiger partial charge in [0.2, 0.25) is 5.88 Å². The number of pyridine rings is 1. The monoisotopic (exact) mass is 395 g/mol. The van der Waals surface area contributed by atoms with Gasteiger partial charge in [0, 0.05) is 29.5 Å². The van der Waals surface area contributed by atoms with Gasteiger partial charge in [-0.15, -0.1) is 0 Å². The molecule has 0 spiro atoms. The first-order valence-electron chi connectivity index (χ1n) is 8.95. The molecule has 144 valence electrons. The summed E-state index contributed by atoms with van der Waals surface area (Å²) < 4.78 is 35.5. The first-order valence-corrected chi connectivity index (χ1v) is 10.8. The van der Waals surface area contributed by atoms with Crippen molar-refractivity contribution in [3.63, 3.8) is 0 Å². The minimum atomic E-state index is -3.24. The molecule has 3 aromatic rings. The molecule has 0 atom stereocenters. The summed E-state index contributed by atoms with van der Waals surface area (Å²) in [5.41, 5.74) is 1.20. The van der Waals surface area contributed by atoms with Crippen LogP contribution in [0.15, 0.2) is 71.4 Å². The van der Waals surface area contributed by atoms with Gasteiger partial charge in [-0.2, -0.15) is 0 Å². The number of aromatic nitrogens is 1. The molecule has 2 heterocycles. The van der Waals surface area contributed by atoms with Crippen molar-refractivity contribution < 1.29 is 17.9 Å². The molecule has 0 radical (unpaired) electrons. The van der Waals surface area contributed by atoms with Crippen LogP contribution in [0.1, 0.15) is 19.4 Å². The lowest BCUT2D eigenvalue weighted by molar-refractivity contribution is 0.0542. The molecule has 1 aliphatic heterocycles. The number of sulfone groups is 1. The average Bonchev–Trinajstić information content (AvgIpc) is 2.95. The van der Waals surface area contributed by atoms with E-state index in [4.69, 9.17) is 9.47 Å². The van der Waals surface area contributed by atoms with Gasteiger partial charge in [-0.05, 0) is 36.9 Å². The summed E-state index contributed by atoms with van der Waals surface area (Å²) in [4.78, 5) is 4.69. The normalized spacial score (nSPS) is 16.5. The Kier molecular flexibility index (Phi) is 4.48. The highest BCUT2D eigenvalue weighted by Gasteiger charge is 2.36. The lowest BCUT2D eigenvalue weighted by atomic mass is 9.92. The second kappa shape index (κ2) is 6.72. The van der Waals surface area contributed by atoms with Gasteiger partial charge in [-0.25, -0.2) is 13.4 Å². The second-order valence-corrected chi connectivity index (χ2v) is 9.38. The van der Waals surface area contributed by atoms with Crippen molar-refractivity contribution in [2.45, 2.75) is 24.3 Å². The minimum absolute atomic E-state index is 0.284. The number of ether oxygens (including phenoxy) is 2. The van der Waals surface area contributed by atoms with E-state index in [9.17, 15) is 8.42 Å². The van der Waals surface area contributed by atoms with E-state index < -0.39 is 15.4 Å². The molecule has 1 aliphatic rings. The van der Waals surface area contributed by atoms with Gasteiger partial charge in [0.1, 0.15) is 12.4 Å². The number of fused-ring (bicyclic) bond motifs is 1. The maximum Gasteiger partial charge on any atom is 0.219 e. The average molecular weight is 395 g/mol. The highest BCUT2D eigenvalue weighted by atomic mass is 32.2. The van der Waals surface area contributed by atoms with Crippen LogP contribution in [0.25, 0.3) is 16.3 Å². The molecule has 6 heteroatoms. The van der Waals surface area contributed by atoms with Gasteiger partial charge >= 0.3 is 0 Å². The molecule has 0 unspecified atom stereocenters. The molecule has 1 aromatic heterocycles. The highest BCUT2D eigenvalue weighted by Crippen LogP contribution is 2.39. The van der Waals surface area contributed by atoms with E-state index in [0.29, 0.717) is 18.2 Å². The third-order valence-corrected chi connectivity index (χ3v) is 5.98. The van der Waals surface area contributed by atoms with E-state index in [1.54, 1.807) is 30.5 Å². The maximum atomic E-state index is 11.7. The van der Waals surface area contributed by atoms with Crippen LogP contribution in [0.5, 0.6) is 5.88 Å². The number of hydrogen-bond donors (Lipinski definition) is 0. The fourth-order valence-electron chi connectivity index (χ4n) is 3.43. The number of hydrogen-bond acceptors (Lipinski definition) is 5. The van der Waals surface area contributed by atoms with Gasteiger partial charge in [-0.3, -0.25) is 0 Å². The molecule has 0 N–H and O–H groups in total. The molecule has 0 fully saturated rings. The van der Waals surface area contributed by atoms with Crippen molar-refractivity contribution in [3.05, 3.63) is 72.1 Å². The van der Waals surface area contributed by atoms with Gasteiger partial charge in [0.15, 0.2) is 9.84 Å². The fourth-order valence-corrected chi connectivity index (χ4v) is 4.06.